The van der Waals surface area contributed by atoms with Gasteiger partial charge in [-0.2, -0.15) is 0 Å². The number of halogens is 1. The van der Waals surface area contributed by atoms with Crippen LogP contribution in [-0.2, 0) is 9.53 Å². The first-order valence-corrected chi connectivity index (χ1v) is 4.08. The van der Waals surface area contributed by atoms with Gasteiger partial charge in [-0.3, -0.25) is 4.79 Å². The van der Waals surface area contributed by atoms with E-state index in [0.29, 0.717) is 6.04 Å². The molecule has 3 nitrogen and oxygen atoms in total. The summed E-state index contributed by atoms with van der Waals surface area (Å²) in [6, 6.07) is 0.374. The molecule has 1 fully saturated rings. The lowest BCUT2D eigenvalue weighted by atomic mass is 10.2. The molecule has 1 N–H and O–H groups in total. The molecular formula is C8H16ClNO2. The molecule has 0 aromatic carbocycles. The van der Waals surface area contributed by atoms with E-state index in [-0.39, 0.29) is 24.5 Å². The monoisotopic (exact) mass is 193 g/mol. The van der Waals surface area contributed by atoms with Crippen LogP contribution in [0.5, 0.6) is 0 Å². The summed E-state index contributed by atoms with van der Waals surface area (Å²) in [5, 5.41) is 3.14. The van der Waals surface area contributed by atoms with E-state index in [1.165, 1.54) is 6.92 Å². The zero-order valence-electron chi connectivity index (χ0n) is 7.50. The molecular weight excluding hydrogens is 178 g/mol. The molecule has 0 aromatic rings. The molecule has 2 unspecified atom stereocenters. The highest BCUT2D eigenvalue weighted by molar-refractivity contribution is 5.85. The fourth-order valence-electron chi connectivity index (χ4n) is 1.61. The van der Waals surface area contributed by atoms with Crippen LogP contribution in [0.15, 0.2) is 0 Å². The van der Waals surface area contributed by atoms with Crippen LogP contribution >= 0.6 is 12.4 Å². The molecule has 1 aliphatic rings. The highest BCUT2D eigenvalue weighted by Crippen LogP contribution is 2.21. The van der Waals surface area contributed by atoms with Crippen molar-refractivity contribution in [3.05, 3.63) is 0 Å². The predicted octanol–water partition coefficient (Wildman–Crippen LogP) is 1.11. The van der Waals surface area contributed by atoms with Crippen molar-refractivity contribution in [3.8, 4) is 0 Å². The van der Waals surface area contributed by atoms with Crippen molar-refractivity contribution >= 4 is 18.4 Å². The van der Waals surface area contributed by atoms with E-state index in [1.807, 2.05) is 7.05 Å². The highest BCUT2D eigenvalue weighted by Gasteiger charge is 2.27. The van der Waals surface area contributed by atoms with E-state index in [2.05, 4.69) is 5.32 Å². The van der Waals surface area contributed by atoms with Gasteiger partial charge in [0.25, 0.3) is 0 Å². The van der Waals surface area contributed by atoms with Crippen molar-refractivity contribution in [1.82, 2.24) is 5.32 Å². The summed E-state index contributed by atoms with van der Waals surface area (Å²) < 4.78 is 5.11. The number of ether oxygens (including phenoxy) is 1. The quantitative estimate of drug-likeness (QED) is 0.668. The molecule has 1 saturated carbocycles. The largest absolute Gasteiger partial charge is 0.461 e. The van der Waals surface area contributed by atoms with Gasteiger partial charge < -0.3 is 10.1 Å². The Morgan fingerprint density at radius 2 is 2.17 bits per heavy atom. The molecule has 1 aliphatic carbocycles. The van der Waals surface area contributed by atoms with Gasteiger partial charge >= 0.3 is 5.97 Å². The first kappa shape index (κ1) is 11.7. The van der Waals surface area contributed by atoms with Gasteiger partial charge in [-0.15, -0.1) is 12.4 Å². The second kappa shape index (κ2) is 5.38. The summed E-state index contributed by atoms with van der Waals surface area (Å²) in [7, 11) is 1.91. The minimum atomic E-state index is -0.169. The normalized spacial score (nSPS) is 27.8. The Morgan fingerprint density at radius 3 is 2.67 bits per heavy atom. The maximum absolute atomic E-state index is 10.6. The van der Waals surface area contributed by atoms with Crippen molar-refractivity contribution in [3.63, 3.8) is 0 Å². The average Bonchev–Trinajstić information content (AvgIpc) is 2.34. The topological polar surface area (TPSA) is 38.3 Å². The number of esters is 1. The minimum absolute atomic E-state index is 0. The van der Waals surface area contributed by atoms with E-state index in [4.69, 9.17) is 4.74 Å². The van der Waals surface area contributed by atoms with E-state index in [1.54, 1.807) is 0 Å². The van der Waals surface area contributed by atoms with Crippen LogP contribution in [-0.4, -0.2) is 25.2 Å². The lowest BCUT2D eigenvalue weighted by Gasteiger charge is -2.18. The zero-order chi connectivity index (χ0) is 8.27. The Kier molecular flexibility index (Phi) is 5.25. The standard InChI is InChI=1S/C8H15NO2.ClH/c1-6(10)11-8-5-3-4-7(8)9-2;/h7-9H,3-5H2,1-2H3;1H. The summed E-state index contributed by atoms with van der Waals surface area (Å²) in [6.07, 6.45) is 3.39. The number of rotatable bonds is 2. The second-order valence-corrected chi connectivity index (χ2v) is 2.97. The van der Waals surface area contributed by atoms with Gasteiger partial charge in [0.1, 0.15) is 6.10 Å². The molecule has 0 amide bonds. The first-order valence-electron chi connectivity index (χ1n) is 4.08. The van der Waals surface area contributed by atoms with Crippen LogP contribution in [0, 0.1) is 0 Å². The Bertz CT molecular complexity index is 152. The number of hydrogen-bond acceptors (Lipinski definition) is 3. The lowest BCUT2D eigenvalue weighted by molar-refractivity contribution is -0.146. The van der Waals surface area contributed by atoms with E-state index >= 15 is 0 Å². The molecule has 72 valence electrons. The van der Waals surface area contributed by atoms with Crippen molar-refractivity contribution in [2.45, 2.75) is 38.3 Å². The number of likely N-dealkylation sites (N-methyl/N-ethyl adjacent to an activating group) is 1. The van der Waals surface area contributed by atoms with Gasteiger partial charge in [-0.1, -0.05) is 0 Å². The van der Waals surface area contributed by atoms with Gasteiger partial charge in [-0.25, -0.2) is 0 Å². The molecule has 0 aromatic heterocycles. The fraction of sp³-hybridized carbons (Fsp3) is 0.875. The molecule has 4 heteroatoms. The van der Waals surface area contributed by atoms with Crippen LogP contribution in [0.25, 0.3) is 0 Å². The van der Waals surface area contributed by atoms with Crippen molar-refractivity contribution < 1.29 is 9.53 Å². The third-order valence-electron chi connectivity index (χ3n) is 2.14. The Morgan fingerprint density at radius 1 is 1.50 bits per heavy atom. The minimum Gasteiger partial charge on any atom is -0.461 e. The van der Waals surface area contributed by atoms with Crippen LogP contribution in [0.2, 0.25) is 0 Å². The highest BCUT2D eigenvalue weighted by atomic mass is 35.5. The number of carbonyl (C=O) groups is 1. The first-order chi connectivity index (χ1) is 5.24. The van der Waals surface area contributed by atoms with Gasteiger partial charge in [0.2, 0.25) is 0 Å². The lowest BCUT2D eigenvalue weighted by Crippen LogP contribution is -2.35. The smallest absolute Gasteiger partial charge is 0.302 e. The molecule has 0 bridgehead atoms. The van der Waals surface area contributed by atoms with Crippen molar-refractivity contribution in [2.24, 2.45) is 0 Å². The van der Waals surface area contributed by atoms with E-state index in [9.17, 15) is 4.79 Å². The molecule has 0 heterocycles. The maximum atomic E-state index is 10.6. The van der Waals surface area contributed by atoms with E-state index in [0.717, 1.165) is 19.3 Å². The maximum Gasteiger partial charge on any atom is 0.302 e. The third-order valence-corrected chi connectivity index (χ3v) is 2.14. The molecule has 12 heavy (non-hydrogen) atoms. The van der Waals surface area contributed by atoms with Gasteiger partial charge in [0.15, 0.2) is 0 Å². The summed E-state index contributed by atoms with van der Waals surface area (Å²) in [5.41, 5.74) is 0. The molecule has 0 saturated heterocycles. The van der Waals surface area contributed by atoms with Crippen LogP contribution < -0.4 is 5.32 Å². The van der Waals surface area contributed by atoms with Gasteiger partial charge in [-0.05, 0) is 26.3 Å². The molecule has 1 rings (SSSR count). The summed E-state index contributed by atoms with van der Waals surface area (Å²) in [6.45, 7) is 1.46. The third kappa shape index (κ3) is 2.99. The van der Waals surface area contributed by atoms with Crippen molar-refractivity contribution in [1.29, 1.82) is 0 Å². The number of carbonyl (C=O) groups excluding carboxylic acids is 1. The van der Waals surface area contributed by atoms with E-state index < -0.39 is 0 Å². The number of hydrogen-bond donors (Lipinski definition) is 1. The Hall–Kier alpha value is -0.280. The fourth-order valence-corrected chi connectivity index (χ4v) is 1.61. The zero-order valence-corrected chi connectivity index (χ0v) is 8.32. The molecule has 2 atom stereocenters. The SMILES string of the molecule is CNC1CCCC1OC(C)=O.Cl. The summed E-state index contributed by atoms with van der Waals surface area (Å²) in [4.78, 5) is 10.6. The van der Waals surface area contributed by atoms with Crippen LogP contribution in [0.4, 0.5) is 0 Å². The van der Waals surface area contributed by atoms with Gasteiger partial charge in [0.05, 0.1) is 0 Å². The van der Waals surface area contributed by atoms with Crippen LogP contribution in [0.3, 0.4) is 0 Å². The molecule has 0 spiro atoms. The Balaban J connectivity index is 0.00000121. The molecule has 0 radical (unpaired) electrons. The molecule has 0 aliphatic heterocycles. The van der Waals surface area contributed by atoms with Crippen LogP contribution in [0.1, 0.15) is 26.2 Å². The summed E-state index contributed by atoms with van der Waals surface area (Å²) >= 11 is 0. The second-order valence-electron chi connectivity index (χ2n) is 2.97. The summed E-state index contributed by atoms with van der Waals surface area (Å²) in [5.74, 6) is -0.169. The number of nitrogens with one attached hydrogen (secondary N) is 1. The Labute approximate surface area is 79.3 Å². The van der Waals surface area contributed by atoms with Gasteiger partial charge in [0, 0.05) is 13.0 Å². The average molecular weight is 194 g/mol. The predicted molar refractivity (Wildman–Crippen MR) is 49.5 cm³/mol. The van der Waals surface area contributed by atoms with Crippen molar-refractivity contribution in [2.75, 3.05) is 7.05 Å².